The Morgan fingerprint density at radius 2 is 1.75 bits per heavy atom. The Morgan fingerprint density at radius 1 is 0.972 bits per heavy atom. The average Bonchev–Trinajstić information content (AvgIpc) is 3.35. The third kappa shape index (κ3) is 4.46. The molecule has 2 aromatic carbocycles. The van der Waals surface area contributed by atoms with Crippen molar-refractivity contribution in [3.63, 3.8) is 0 Å². The van der Waals surface area contributed by atoms with E-state index in [-0.39, 0.29) is 24.0 Å². The Morgan fingerprint density at radius 3 is 2.42 bits per heavy atom. The number of ether oxygens (including phenoxy) is 1. The molecule has 7 heteroatoms. The summed E-state index contributed by atoms with van der Waals surface area (Å²) in [5.74, 6) is 0.552. The van der Waals surface area contributed by atoms with Crippen LogP contribution in [0.25, 0.3) is 5.69 Å². The molecule has 2 atom stereocenters. The van der Waals surface area contributed by atoms with E-state index in [0.717, 1.165) is 39.8 Å². The van der Waals surface area contributed by atoms with Crippen LogP contribution in [0.5, 0.6) is 5.75 Å². The zero-order valence-corrected chi connectivity index (χ0v) is 21.6. The molecule has 5 nitrogen and oxygen atoms in total. The van der Waals surface area contributed by atoms with Gasteiger partial charge in [-0.3, -0.25) is 4.98 Å². The fourth-order valence-electron chi connectivity index (χ4n) is 5.01. The van der Waals surface area contributed by atoms with Gasteiger partial charge in [-0.2, -0.15) is 0 Å². The number of pyridine rings is 1. The van der Waals surface area contributed by atoms with Crippen LogP contribution in [0.3, 0.4) is 0 Å². The minimum Gasteiger partial charge on any atom is -0.491 e. The number of nitrogens with one attached hydrogen (secondary N) is 1. The first kappa shape index (κ1) is 24.0. The molecule has 4 aromatic rings. The maximum absolute atomic E-state index is 14.1. The minimum absolute atomic E-state index is 0.0971. The van der Waals surface area contributed by atoms with Crippen LogP contribution in [0.15, 0.2) is 79.0 Å². The van der Waals surface area contributed by atoms with E-state index in [1.54, 1.807) is 18.3 Å². The third-order valence-corrected chi connectivity index (χ3v) is 6.75. The predicted molar refractivity (Wildman–Crippen MR) is 145 cm³/mol. The molecule has 0 amide bonds. The molecule has 1 saturated heterocycles. The van der Waals surface area contributed by atoms with Crippen molar-refractivity contribution in [2.45, 2.75) is 45.9 Å². The van der Waals surface area contributed by atoms with Crippen LogP contribution in [0.4, 0.5) is 10.1 Å². The summed E-state index contributed by atoms with van der Waals surface area (Å²) in [6.45, 7) is 8.13. The monoisotopic (exact) mass is 500 g/mol. The van der Waals surface area contributed by atoms with Crippen molar-refractivity contribution < 1.29 is 9.13 Å². The quantitative estimate of drug-likeness (QED) is 0.303. The summed E-state index contributed by atoms with van der Waals surface area (Å²) in [6.07, 6.45) is 1.90. The van der Waals surface area contributed by atoms with Gasteiger partial charge < -0.3 is 19.5 Å². The van der Waals surface area contributed by atoms with Crippen molar-refractivity contribution in [2.24, 2.45) is 0 Å². The fourth-order valence-corrected chi connectivity index (χ4v) is 5.35. The third-order valence-electron chi connectivity index (χ3n) is 6.44. The lowest BCUT2D eigenvalue weighted by atomic mass is 9.96. The van der Waals surface area contributed by atoms with Gasteiger partial charge in [-0.1, -0.05) is 12.1 Å². The van der Waals surface area contributed by atoms with Crippen molar-refractivity contribution in [3.8, 4) is 11.4 Å². The van der Waals surface area contributed by atoms with Crippen molar-refractivity contribution >= 4 is 23.0 Å². The molecule has 0 saturated carbocycles. The number of rotatable bonds is 6. The zero-order chi connectivity index (χ0) is 25.4. The van der Waals surface area contributed by atoms with Gasteiger partial charge >= 0.3 is 0 Å². The van der Waals surface area contributed by atoms with Crippen molar-refractivity contribution in [3.05, 3.63) is 107 Å². The first-order valence-electron chi connectivity index (χ1n) is 12.1. The van der Waals surface area contributed by atoms with E-state index >= 15 is 0 Å². The van der Waals surface area contributed by atoms with Crippen molar-refractivity contribution in [1.82, 2.24) is 14.9 Å². The van der Waals surface area contributed by atoms with Crippen LogP contribution in [0.2, 0.25) is 0 Å². The van der Waals surface area contributed by atoms with E-state index in [0.29, 0.717) is 5.11 Å². The van der Waals surface area contributed by atoms with E-state index in [1.165, 1.54) is 6.07 Å². The molecule has 2 aromatic heterocycles. The largest absolute Gasteiger partial charge is 0.491 e. The topological polar surface area (TPSA) is 42.3 Å². The molecule has 1 aliphatic rings. The molecule has 3 heterocycles. The van der Waals surface area contributed by atoms with Gasteiger partial charge in [-0.05, 0) is 106 Å². The highest BCUT2D eigenvalue weighted by Crippen LogP contribution is 2.44. The van der Waals surface area contributed by atoms with Crippen molar-refractivity contribution in [1.29, 1.82) is 0 Å². The van der Waals surface area contributed by atoms with E-state index in [4.69, 9.17) is 17.0 Å². The van der Waals surface area contributed by atoms with Crippen LogP contribution < -0.4 is 15.0 Å². The molecule has 0 spiro atoms. The number of halogens is 1. The SMILES string of the molecule is Cc1cc([C@@H]2[C@@H](c3ccccn3)NC(=S)N2c2ccc(OC(C)C)cc2)c(C)n1-c1cccc(F)c1. The van der Waals surface area contributed by atoms with E-state index in [2.05, 4.69) is 32.8 Å². The van der Waals surface area contributed by atoms with Crippen LogP contribution in [-0.4, -0.2) is 20.8 Å². The van der Waals surface area contributed by atoms with Gasteiger partial charge in [-0.15, -0.1) is 0 Å². The van der Waals surface area contributed by atoms with Gasteiger partial charge in [0.05, 0.1) is 23.9 Å². The van der Waals surface area contributed by atoms with E-state index in [1.807, 2.05) is 69.3 Å². The fraction of sp³-hybridized carbons (Fsp3) is 0.241. The summed E-state index contributed by atoms with van der Waals surface area (Å²) >= 11 is 5.87. The maximum atomic E-state index is 14.1. The summed E-state index contributed by atoms with van der Waals surface area (Å²) in [4.78, 5) is 6.79. The number of nitrogens with zero attached hydrogens (tertiary/aromatic N) is 3. The summed E-state index contributed by atoms with van der Waals surface area (Å²) in [5.41, 5.74) is 5.81. The smallest absolute Gasteiger partial charge is 0.174 e. The summed E-state index contributed by atoms with van der Waals surface area (Å²) in [7, 11) is 0. The summed E-state index contributed by atoms with van der Waals surface area (Å²) in [6, 6.07) is 22.5. The molecule has 1 aliphatic heterocycles. The second-order valence-electron chi connectivity index (χ2n) is 9.30. The molecular formula is C29H29FN4OS. The predicted octanol–water partition coefficient (Wildman–Crippen LogP) is 6.59. The molecule has 5 rings (SSSR count). The molecule has 0 radical (unpaired) electrons. The Balaban J connectivity index is 1.63. The van der Waals surface area contributed by atoms with Crippen molar-refractivity contribution in [2.75, 3.05) is 4.90 Å². The number of hydrogen-bond acceptors (Lipinski definition) is 3. The Hall–Kier alpha value is -3.71. The van der Waals surface area contributed by atoms with Crippen LogP contribution in [0, 0.1) is 19.7 Å². The lowest BCUT2D eigenvalue weighted by Gasteiger charge is -2.28. The molecule has 184 valence electrons. The normalized spacial score (nSPS) is 17.5. The maximum Gasteiger partial charge on any atom is 0.174 e. The first-order chi connectivity index (χ1) is 17.3. The first-order valence-corrected chi connectivity index (χ1v) is 12.5. The van der Waals surface area contributed by atoms with Crippen LogP contribution >= 0.6 is 12.2 Å². The summed E-state index contributed by atoms with van der Waals surface area (Å²) < 4.78 is 22.0. The van der Waals surface area contributed by atoms with Crippen LogP contribution in [0.1, 0.15) is 48.6 Å². The number of anilines is 1. The number of thiocarbonyl (C=S) groups is 1. The molecular weight excluding hydrogens is 471 g/mol. The highest BCUT2D eigenvalue weighted by molar-refractivity contribution is 7.80. The molecule has 1 fully saturated rings. The second-order valence-corrected chi connectivity index (χ2v) is 9.69. The van der Waals surface area contributed by atoms with Gasteiger partial charge in [0.1, 0.15) is 11.6 Å². The molecule has 36 heavy (non-hydrogen) atoms. The van der Waals surface area contributed by atoms with Gasteiger partial charge in [-0.25, -0.2) is 4.39 Å². The van der Waals surface area contributed by atoms with Gasteiger partial charge in [0.2, 0.25) is 0 Å². The standard InChI is InChI=1S/C29H29FN4OS/c1-18(2)35-24-13-11-22(12-14-24)34-28(27(32-29(34)36)26-10-5-6-15-31-26)25-16-19(3)33(20(25)4)23-9-7-8-21(30)17-23/h5-18,27-28H,1-4H3,(H,32,36)/t27-,28-/m1/s1. The highest BCUT2D eigenvalue weighted by Gasteiger charge is 2.42. The van der Waals surface area contributed by atoms with E-state index < -0.39 is 0 Å². The number of hydrogen-bond donors (Lipinski definition) is 1. The zero-order valence-electron chi connectivity index (χ0n) is 20.8. The van der Waals surface area contributed by atoms with Gasteiger partial charge in [0.15, 0.2) is 5.11 Å². The second kappa shape index (κ2) is 9.74. The lowest BCUT2D eigenvalue weighted by molar-refractivity contribution is 0.242. The molecule has 0 unspecified atom stereocenters. The Labute approximate surface area is 216 Å². The number of benzene rings is 2. The Bertz CT molecular complexity index is 1380. The highest BCUT2D eigenvalue weighted by atomic mass is 32.1. The van der Waals surface area contributed by atoms with Gasteiger partial charge in [0, 0.05) is 29.0 Å². The average molecular weight is 501 g/mol. The summed E-state index contributed by atoms with van der Waals surface area (Å²) in [5, 5.41) is 4.14. The van der Waals surface area contributed by atoms with Crippen LogP contribution in [-0.2, 0) is 0 Å². The lowest BCUT2D eigenvalue weighted by Crippen LogP contribution is -2.29. The van der Waals surface area contributed by atoms with Gasteiger partial charge in [0.25, 0.3) is 0 Å². The van der Waals surface area contributed by atoms with E-state index in [9.17, 15) is 4.39 Å². The number of aryl methyl sites for hydroxylation is 1. The number of aromatic nitrogens is 2. The minimum atomic E-state index is -0.262. The molecule has 0 bridgehead atoms. The molecule has 1 N–H and O–H groups in total. The Kier molecular flexibility index (Phi) is 6.49. The molecule has 0 aliphatic carbocycles.